The molecule has 5 heteroatoms. The van der Waals surface area contributed by atoms with Crippen LogP contribution in [-0.2, 0) is 16.0 Å². The molecule has 1 aromatic rings. The molecule has 0 bridgehead atoms. The minimum absolute atomic E-state index is 0.414. The quantitative estimate of drug-likeness (QED) is 0.660. The third-order valence-corrected chi connectivity index (χ3v) is 2.75. The topological polar surface area (TPSA) is 48.3 Å². The molecule has 1 unspecified atom stereocenters. The Kier molecular flexibility index (Phi) is 6.84. The highest BCUT2D eigenvalue weighted by Gasteiger charge is 2.08. The van der Waals surface area contributed by atoms with Gasteiger partial charge in [-0.1, -0.05) is 0 Å². The van der Waals surface area contributed by atoms with E-state index in [9.17, 15) is 0 Å². The number of ether oxygens (including phenoxy) is 2. The van der Waals surface area contributed by atoms with Crippen LogP contribution in [0.25, 0.3) is 0 Å². The van der Waals surface area contributed by atoms with E-state index >= 15 is 0 Å². The maximum atomic E-state index is 5.10. The highest BCUT2D eigenvalue weighted by Crippen LogP contribution is 2.13. The number of rotatable bonds is 9. The molecule has 1 rings (SSSR count). The lowest BCUT2D eigenvalue weighted by molar-refractivity contribution is 0.180. The van der Waals surface area contributed by atoms with Gasteiger partial charge in [-0.15, -0.1) is 0 Å². The Labute approximate surface area is 103 Å². The Balaban J connectivity index is 2.41. The third-order valence-electron chi connectivity index (χ3n) is 2.75. The van der Waals surface area contributed by atoms with E-state index in [0.29, 0.717) is 6.04 Å². The largest absolute Gasteiger partial charge is 0.385 e. The maximum Gasteiger partial charge on any atom is 0.0951 e. The van der Waals surface area contributed by atoms with Crippen molar-refractivity contribution in [3.05, 3.63) is 18.2 Å². The van der Waals surface area contributed by atoms with Crippen LogP contribution in [0.3, 0.4) is 0 Å². The number of nitrogens with one attached hydrogen (secondary N) is 1. The SMILES string of the molecule is COCCNCc1cncn1C(C)CCOC. The van der Waals surface area contributed by atoms with E-state index in [1.807, 2.05) is 12.5 Å². The number of hydrogen-bond acceptors (Lipinski definition) is 4. The molecule has 0 radical (unpaired) electrons. The lowest BCUT2D eigenvalue weighted by Crippen LogP contribution is -2.21. The van der Waals surface area contributed by atoms with Gasteiger partial charge in [-0.2, -0.15) is 0 Å². The summed E-state index contributed by atoms with van der Waals surface area (Å²) in [7, 11) is 3.44. The van der Waals surface area contributed by atoms with Crippen LogP contribution in [0, 0.1) is 0 Å². The Morgan fingerprint density at radius 1 is 1.35 bits per heavy atom. The first-order valence-corrected chi connectivity index (χ1v) is 5.99. The van der Waals surface area contributed by atoms with Crippen molar-refractivity contribution in [3.8, 4) is 0 Å². The van der Waals surface area contributed by atoms with Crippen molar-refractivity contribution in [3.63, 3.8) is 0 Å². The van der Waals surface area contributed by atoms with Gasteiger partial charge in [0, 0.05) is 46.2 Å². The van der Waals surface area contributed by atoms with Gasteiger partial charge in [0.2, 0.25) is 0 Å². The fourth-order valence-electron chi connectivity index (χ4n) is 1.68. The molecular formula is C12H23N3O2. The van der Waals surface area contributed by atoms with Crippen LogP contribution in [0.4, 0.5) is 0 Å². The molecule has 0 spiro atoms. The molecule has 0 saturated carbocycles. The maximum absolute atomic E-state index is 5.10. The molecule has 1 atom stereocenters. The number of imidazole rings is 1. The average molecular weight is 241 g/mol. The first-order valence-electron chi connectivity index (χ1n) is 5.99. The van der Waals surface area contributed by atoms with E-state index < -0.39 is 0 Å². The summed E-state index contributed by atoms with van der Waals surface area (Å²) in [6.07, 6.45) is 4.79. The number of methoxy groups -OCH3 is 2. The lowest BCUT2D eigenvalue weighted by atomic mass is 10.2. The van der Waals surface area contributed by atoms with Crippen molar-refractivity contribution in [1.29, 1.82) is 0 Å². The first kappa shape index (κ1) is 14.2. The number of hydrogen-bond donors (Lipinski definition) is 1. The Hall–Kier alpha value is -0.910. The molecule has 0 aliphatic carbocycles. The average Bonchev–Trinajstić information content (AvgIpc) is 2.80. The van der Waals surface area contributed by atoms with Crippen molar-refractivity contribution in [2.75, 3.05) is 34.0 Å². The monoisotopic (exact) mass is 241 g/mol. The third kappa shape index (κ3) is 4.85. The van der Waals surface area contributed by atoms with E-state index in [-0.39, 0.29) is 0 Å². The molecule has 0 fully saturated rings. The Morgan fingerprint density at radius 2 is 2.12 bits per heavy atom. The van der Waals surface area contributed by atoms with Gasteiger partial charge in [0.15, 0.2) is 0 Å². The van der Waals surface area contributed by atoms with Gasteiger partial charge in [0.05, 0.1) is 18.6 Å². The highest BCUT2D eigenvalue weighted by molar-refractivity contribution is 4.99. The predicted octanol–water partition coefficient (Wildman–Crippen LogP) is 1.22. The lowest BCUT2D eigenvalue weighted by Gasteiger charge is -2.16. The summed E-state index contributed by atoms with van der Waals surface area (Å²) in [5.41, 5.74) is 1.20. The van der Waals surface area contributed by atoms with Crippen LogP contribution in [-0.4, -0.2) is 43.5 Å². The molecular weight excluding hydrogens is 218 g/mol. The second-order valence-corrected chi connectivity index (χ2v) is 4.09. The van der Waals surface area contributed by atoms with Gasteiger partial charge in [0.25, 0.3) is 0 Å². The van der Waals surface area contributed by atoms with E-state index in [0.717, 1.165) is 32.7 Å². The number of nitrogens with zero attached hydrogens (tertiary/aromatic N) is 2. The van der Waals surface area contributed by atoms with Crippen molar-refractivity contribution < 1.29 is 9.47 Å². The fourth-order valence-corrected chi connectivity index (χ4v) is 1.68. The van der Waals surface area contributed by atoms with Gasteiger partial charge in [-0.05, 0) is 13.3 Å². The van der Waals surface area contributed by atoms with Crippen LogP contribution in [0.1, 0.15) is 25.1 Å². The normalized spacial score (nSPS) is 12.9. The van der Waals surface area contributed by atoms with Crippen LogP contribution in [0.5, 0.6) is 0 Å². The zero-order chi connectivity index (χ0) is 12.5. The van der Waals surface area contributed by atoms with Crippen molar-refractivity contribution >= 4 is 0 Å². The molecule has 0 aliphatic rings. The van der Waals surface area contributed by atoms with Gasteiger partial charge < -0.3 is 19.4 Å². The van der Waals surface area contributed by atoms with Gasteiger partial charge in [0.1, 0.15) is 0 Å². The summed E-state index contributed by atoms with van der Waals surface area (Å²) in [4.78, 5) is 4.20. The molecule has 0 aromatic carbocycles. The summed E-state index contributed by atoms with van der Waals surface area (Å²) in [5.74, 6) is 0. The first-order chi connectivity index (χ1) is 8.29. The Morgan fingerprint density at radius 3 is 2.82 bits per heavy atom. The highest BCUT2D eigenvalue weighted by atomic mass is 16.5. The molecule has 0 saturated heterocycles. The molecule has 17 heavy (non-hydrogen) atoms. The molecule has 1 aromatic heterocycles. The Bertz CT molecular complexity index is 302. The van der Waals surface area contributed by atoms with Crippen LogP contribution < -0.4 is 5.32 Å². The van der Waals surface area contributed by atoms with Crippen molar-refractivity contribution in [1.82, 2.24) is 14.9 Å². The molecule has 1 N–H and O–H groups in total. The van der Waals surface area contributed by atoms with Gasteiger partial charge in [-0.3, -0.25) is 0 Å². The second kappa shape index (κ2) is 8.22. The van der Waals surface area contributed by atoms with E-state index in [4.69, 9.17) is 9.47 Å². The minimum Gasteiger partial charge on any atom is -0.385 e. The summed E-state index contributed by atoms with van der Waals surface area (Å²) in [6.45, 7) is 5.36. The van der Waals surface area contributed by atoms with Crippen LogP contribution >= 0.6 is 0 Å². The smallest absolute Gasteiger partial charge is 0.0951 e. The predicted molar refractivity (Wildman–Crippen MR) is 67.0 cm³/mol. The van der Waals surface area contributed by atoms with E-state index in [1.165, 1.54) is 5.69 Å². The summed E-state index contributed by atoms with van der Waals surface area (Å²) < 4.78 is 12.3. The zero-order valence-electron chi connectivity index (χ0n) is 11.0. The summed E-state index contributed by atoms with van der Waals surface area (Å²) in [5, 5.41) is 3.32. The van der Waals surface area contributed by atoms with Gasteiger partial charge in [-0.25, -0.2) is 4.98 Å². The molecule has 5 nitrogen and oxygen atoms in total. The van der Waals surface area contributed by atoms with Crippen LogP contribution in [0.2, 0.25) is 0 Å². The number of aromatic nitrogens is 2. The van der Waals surface area contributed by atoms with E-state index in [1.54, 1.807) is 14.2 Å². The van der Waals surface area contributed by atoms with Gasteiger partial charge >= 0.3 is 0 Å². The molecule has 0 amide bonds. The molecule has 1 heterocycles. The van der Waals surface area contributed by atoms with Crippen LogP contribution in [0.15, 0.2) is 12.5 Å². The van der Waals surface area contributed by atoms with Crippen molar-refractivity contribution in [2.24, 2.45) is 0 Å². The van der Waals surface area contributed by atoms with Crippen molar-refractivity contribution in [2.45, 2.75) is 25.9 Å². The fraction of sp³-hybridized carbons (Fsp3) is 0.750. The molecule has 98 valence electrons. The second-order valence-electron chi connectivity index (χ2n) is 4.09. The minimum atomic E-state index is 0.414. The summed E-state index contributed by atoms with van der Waals surface area (Å²) >= 11 is 0. The zero-order valence-corrected chi connectivity index (χ0v) is 11.0. The standard InChI is InChI=1S/C12H23N3O2/c1-11(4-6-16-2)15-10-14-9-12(15)8-13-5-7-17-3/h9-11,13H,4-8H2,1-3H3. The molecule has 0 aliphatic heterocycles. The summed E-state index contributed by atoms with van der Waals surface area (Å²) in [6, 6.07) is 0.414. The van der Waals surface area contributed by atoms with E-state index in [2.05, 4.69) is 21.8 Å².